The van der Waals surface area contributed by atoms with Gasteiger partial charge in [0.2, 0.25) is 0 Å². The maximum Gasteiger partial charge on any atom is 0.0456 e. The molecule has 0 amide bonds. The van der Waals surface area contributed by atoms with Crippen LogP contribution >= 0.6 is 0 Å². The van der Waals surface area contributed by atoms with Crippen LogP contribution in [0.5, 0.6) is 0 Å². The van der Waals surface area contributed by atoms with Gasteiger partial charge < -0.3 is 21.7 Å². The van der Waals surface area contributed by atoms with Gasteiger partial charge in [-0.15, -0.1) is 0 Å². The summed E-state index contributed by atoms with van der Waals surface area (Å²) in [5, 5.41) is 10.6. The quantitative estimate of drug-likeness (QED) is 0.171. The molecule has 0 saturated heterocycles. The van der Waals surface area contributed by atoms with Crippen molar-refractivity contribution >= 4 is 0 Å². The molecule has 0 aromatic carbocycles. The molecule has 4 rings (SSSR count). The van der Waals surface area contributed by atoms with E-state index >= 15 is 0 Å². The van der Waals surface area contributed by atoms with Crippen molar-refractivity contribution in [3.05, 3.63) is 0 Å². The molecule has 4 aliphatic rings. The lowest BCUT2D eigenvalue weighted by molar-refractivity contribution is -0.118. The summed E-state index contributed by atoms with van der Waals surface area (Å²) in [4.78, 5) is 0. The predicted octanol–water partition coefficient (Wildman–Crippen LogP) is 6.51. The van der Waals surface area contributed by atoms with Gasteiger partial charge in [-0.3, -0.25) is 0 Å². The second-order valence-electron chi connectivity index (χ2n) is 14.6. The maximum absolute atomic E-state index is 5.50. The van der Waals surface area contributed by atoms with Crippen LogP contribution in [0.3, 0.4) is 0 Å². The first-order valence-corrected chi connectivity index (χ1v) is 16.1. The zero-order chi connectivity index (χ0) is 25.8. The highest BCUT2D eigenvalue weighted by molar-refractivity contribution is 5.10. The molecule has 5 N–H and O–H groups in total. The van der Waals surface area contributed by atoms with Crippen LogP contribution in [0.1, 0.15) is 118 Å². The Balaban J connectivity index is 1.28. The molecule has 5 unspecified atom stereocenters. The Labute approximate surface area is 224 Å². The minimum absolute atomic E-state index is 0.584. The summed E-state index contributed by atoms with van der Waals surface area (Å²) in [7, 11) is 0. The average molecular weight is 503 g/mol. The van der Waals surface area contributed by atoms with Gasteiger partial charge in [0, 0.05) is 19.4 Å². The van der Waals surface area contributed by atoms with Crippen molar-refractivity contribution in [3.63, 3.8) is 0 Å². The smallest absolute Gasteiger partial charge is 0.0456 e. The molecule has 0 aliphatic heterocycles. The van der Waals surface area contributed by atoms with E-state index in [1.165, 1.54) is 77.0 Å². The molecular weight excluding hydrogens is 440 g/mol. The highest BCUT2D eigenvalue weighted by Crippen LogP contribution is 2.68. The molecule has 0 spiro atoms. The number of nitrogens with one attached hydrogen (secondary N) is 3. The number of hydrogen-bond donors (Lipinski definition) is 4. The molecule has 9 atom stereocenters. The zero-order valence-corrected chi connectivity index (χ0v) is 24.7. The van der Waals surface area contributed by atoms with Crippen LogP contribution in [0.25, 0.3) is 0 Å². The third-order valence-electron chi connectivity index (χ3n) is 12.2. The largest absolute Gasteiger partial charge is 0.318 e. The lowest BCUT2D eigenvalue weighted by Crippen LogP contribution is -2.55. The van der Waals surface area contributed by atoms with Gasteiger partial charge >= 0.3 is 0 Å². The van der Waals surface area contributed by atoms with Gasteiger partial charge in [-0.25, -0.2) is 0 Å². The highest BCUT2D eigenvalue weighted by atomic mass is 15.1. The van der Waals surface area contributed by atoms with E-state index in [2.05, 4.69) is 50.6 Å². The molecule has 36 heavy (non-hydrogen) atoms. The van der Waals surface area contributed by atoms with Crippen LogP contribution in [0.2, 0.25) is 0 Å². The Hall–Kier alpha value is -0.160. The van der Waals surface area contributed by atoms with Crippen molar-refractivity contribution < 1.29 is 0 Å². The molecule has 4 fully saturated rings. The summed E-state index contributed by atoms with van der Waals surface area (Å²) in [5.41, 5.74) is 6.73. The molecule has 4 heteroatoms. The van der Waals surface area contributed by atoms with Crippen molar-refractivity contribution in [3.8, 4) is 0 Å². The van der Waals surface area contributed by atoms with Gasteiger partial charge in [0.05, 0.1) is 0 Å². The molecule has 4 saturated carbocycles. The van der Waals surface area contributed by atoms with Crippen molar-refractivity contribution in [2.24, 2.45) is 58.0 Å². The maximum atomic E-state index is 5.50. The van der Waals surface area contributed by atoms with E-state index in [1.54, 1.807) is 0 Å². The van der Waals surface area contributed by atoms with Crippen LogP contribution in [0.15, 0.2) is 0 Å². The minimum Gasteiger partial charge on any atom is -0.318 e. The first kappa shape index (κ1) is 28.8. The number of hydrogen-bond acceptors (Lipinski definition) is 4. The first-order chi connectivity index (χ1) is 17.3. The Morgan fingerprint density at radius 1 is 0.806 bits per heavy atom. The van der Waals surface area contributed by atoms with Crippen molar-refractivity contribution in [1.82, 2.24) is 16.0 Å². The number of fused-ring (bicyclic) bond motifs is 5. The second-order valence-corrected chi connectivity index (χ2v) is 14.6. The van der Waals surface area contributed by atoms with Gasteiger partial charge in [0.1, 0.15) is 0 Å². The van der Waals surface area contributed by atoms with Crippen LogP contribution in [-0.2, 0) is 0 Å². The Kier molecular flexibility index (Phi) is 10.2. The Bertz CT molecular complexity index is 667. The Morgan fingerprint density at radius 2 is 1.56 bits per heavy atom. The summed E-state index contributed by atoms with van der Waals surface area (Å²) in [6.07, 6.45) is 18.8. The fourth-order valence-corrected chi connectivity index (χ4v) is 10.2. The van der Waals surface area contributed by atoms with Gasteiger partial charge in [-0.1, -0.05) is 53.9 Å². The predicted molar refractivity (Wildman–Crippen MR) is 155 cm³/mol. The molecule has 0 radical (unpaired) electrons. The fraction of sp³-hybridized carbons (Fsp3) is 1.00. The summed E-state index contributed by atoms with van der Waals surface area (Å²) >= 11 is 0. The summed E-state index contributed by atoms with van der Waals surface area (Å²) in [5.74, 6) is 6.75. The van der Waals surface area contributed by atoms with Crippen molar-refractivity contribution in [1.29, 1.82) is 0 Å². The van der Waals surface area contributed by atoms with E-state index in [4.69, 9.17) is 5.73 Å². The molecular formula is C32H62N4. The lowest BCUT2D eigenvalue weighted by Gasteiger charge is -2.61. The van der Waals surface area contributed by atoms with E-state index < -0.39 is 0 Å². The van der Waals surface area contributed by atoms with Gasteiger partial charge in [-0.2, -0.15) is 0 Å². The fourth-order valence-electron chi connectivity index (χ4n) is 10.2. The highest BCUT2D eigenvalue weighted by Gasteiger charge is 2.60. The Morgan fingerprint density at radius 3 is 2.33 bits per heavy atom. The molecule has 4 nitrogen and oxygen atoms in total. The van der Waals surface area contributed by atoms with Gasteiger partial charge in [-0.05, 0) is 130 Å². The van der Waals surface area contributed by atoms with Gasteiger partial charge in [0.15, 0.2) is 0 Å². The molecule has 4 aliphatic carbocycles. The van der Waals surface area contributed by atoms with E-state index in [9.17, 15) is 0 Å². The monoisotopic (exact) mass is 502 g/mol. The molecule has 0 bridgehead atoms. The molecule has 0 aromatic heterocycles. The van der Waals surface area contributed by atoms with E-state index in [-0.39, 0.29) is 0 Å². The molecule has 210 valence electrons. The normalized spacial score (nSPS) is 41.1. The lowest BCUT2D eigenvalue weighted by atomic mass is 9.44. The van der Waals surface area contributed by atoms with Crippen LogP contribution < -0.4 is 21.7 Å². The van der Waals surface area contributed by atoms with Gasteiger partial charge in [0.25, 0.3) is 0 Å². The van der Waals surface area contributed by atoms with E-state index in [1.807, 2.05) is 0 Å². The average Bonchev–Trinajstić information content (AvgIpc) is 3.20. The minimum atomic E-state index is 0.584. The number of nitrogens with two attached hydrogens (primary N) is 1. The standard InChI is InChI=1S/C32H62N4/c1-23(2)8-6-9-24(3)28-12-13-29-27-11-10-25-20-26(36-22-35-19-7-18-34-21-33)14-16-31(25,4)30(27)15-17-32(28,29)5/h23-30,34-36H,6-22,33H2,1-5H3/t24?,25?,26-,27?,28+,29?,30?,31-,32+/m0/s1. The van der Waals surface area contributed by atoms with Crippen LogP contribution in [0.4, 0.5) is 0 Å². The van der Waals surface area contributed by atoms with Crippen LogP contribution in [0, 0.1) is 52.3 Å². The number of rotatable bonds is 13. The summed E-state index contributed by atoms with van der Waals surface area (Å²) in [6, 6.07) is 0.714. The summed E-state index contributed by atoms with van der Waals surface area (Å²) < 4.78 is 0. The topological polar surface area (TPSA) is 62.1 Å². The zero-order valence-electron chi connectivity index (χ0n) is 24.7. The van der Waals surface area contributed by atoms with E-state index in [0.717, 1.165) is 67.6 Å². The van der Waals surface area contributed by atoms with Crippen LogP contribution in [-0.4, -0.2) is 32.5 Å². The molecule has 0 heterocycles. The van der Waals surface area contributed by atoms with E-state index in [0.29, 0.717) is 23.5 Å². The second kappa shape index (κ2) is 12.8. The van der Waals surface area contributed by atoms with Crippen molar-refractivity contribution in [2.75, 3.05) is 26.4 Å². The SMILES string of the molecule is CC(C)CCCC(C)[C@H]1CCC2C3CCC4C[C@@H](NCNCCCNCN)CC[C@]4(C)C3CC[C@@]21C. The third-order valence-corrected chi connectivity index (χ3v) is 12.2. The molecule has 0 aromatic rings. The third kappa shape index (κ3) is 6.18. The summed E-state index contributed by atoms with van der Waals surface area (Å²) in [6.45, 7) is 16.5. The first-order valence-electron chi connectivity index (χ1n) is 16.1. The van der Waals surface area contributed by atoms with Crippen molar-refractivity contribution in [2.45, 2.75) is 124 Å².